The Labute approximate surface area is 113 Å². The molecule has 0 fully saturated rings. The third-order valence-electron chi connectivity index (χ3n) is 2.22. The number of methoxy groups -OCH3 is 1. The van der Waals surface area contributed by atoms with Crippen LogP contribution in [0.1, 0.15) is 25.0 Å². The zero-order valence-electron chi connectivity index (χ0n) is 11.0. The number of pyridine rings is 1. The van der Waals surface area contributed by atoms with Crippen LogP contribution >= 0.6 is 0 Å². The van der Waals surface area contributed by atoms with Crippen molar-refractivity contribution in [2.45, 2.75) is 19.3 Å². The molecule has 0 aliphatic heterocycles. The first kappa shape index (κ1) is 15.2. The van der Waals surface area contributed by atoms with Crippen molar-refractivity contribution in [1.29, 1.82) is 0 Å². The van der Waals surface area contributed by atoms with Gasteiger partial charge >= 0.3 is 0 Å². The van der Waals surface area contributed by atoms with Gasteiger partial charge in [0.2, 0.25) is 5.91 Å². The first-order valence-corrected chi connectivity index (χ1v) is 6.12. The Balaban J connectivity index is 2.52. The van der Waals surface area contributed by atoms with Crippen LogP contribution in [0.15, 0.2) is 18.2 Å². The fraction of sp³-hybridized carbons (Fsp3) is 0.429. The molecule has 0 unspecified atom stereocenters. The Bertz CT molecular complexity index is 463. The third-order valence-corrected chi connectivity index (χ3v) is 2.22. The van der Waals surface area contributed by atoms with Gasteiger partial charge in [0.1, 0.15) is 11.5 Å². The number of nitrogens with one attached hydrogen (secondary N) is 1. The molecule has 1 heterocycles. The topological polar surface area (TPSA) is 71.5 Å². The van der Waals surface area contributed by atoms with E-state index in [1.165, 1.54) is 0 Å². The van der Waals surface area contributed by atoms with Crippen molar-refractivity contribution in [2.24, 2.45) is 0 Å². The molecule has 2 N–H and O–H groups in total. The van der Waals surface area contributed by atoms with Crippen LogP contribution in [-0.4, -0.2) is 36.3 Å². The maximum atomic E-state index is 11.6. The highest BCUT2D eigenvalue weighted by Crippen LogP contribution is 2.05. The highest BCUT2D eigenvalue weighted by Gasteiger charge is 2.03. The molecule has 5 heteroatoms. The molecular formula is C14H18N2O3. The summed E-state index contributed by atoms with van der Waals surface area (Å²) in [5.74, 6) is 5.99. The van der Waals surface area contributed by atoms with Crippen LogP contribution in [0.4, 0.5) is 5.82 Å². The number of hydrogen-bond donors (Lipinski definition) is 2. The number of aliphatic hydroxyl groups excluding tert-OH is 1. The summed E-state index contributed by atoms with van der Waals surface area (Å²) in [5.41, 5.74) is 0.572. The lowest BCUT2D eigenvalue weighted by Crippen LogP contribution is -2.13. The molecule has 19 heavy (non-hydrogen) atoms. The minimum Gasteiger partial charge on any atom is -0.395 e. The van der Waals surface area contributed by atoms with Crippen molar-refractivity contribution in [3.8, 4) is 11.8 Å². The smallest absolute Gasteiger partial charge is 0.225 e. The highest BCUT2D eigenvalue weighted by atomic mass is 16.5. The van der Waals surface area contributed by atoms with Gasteiger partial charge in [-0.15, -0.1) is 0 Å². The minimum atomic E-state index is -0.0926. The van der Waals surface area contributed by atoms with Gasteiger partial charge in [-0.1, -0.05) is 12.0 Å². The zero-order valence-corrected chi connectivity index (χ0v) is 11.0. The van der Waals surface area contributed by atoms with E-state index in [0.717, 1.165) is 0 Å². The fourth-order valence-electron chi connectivity index (χ4n) is 1.37. The lowest BCUT2D eigenvalue weighted by Gasteiger charge is -2.04. The van der Waals surface area contributed by atoms with E-state index in [9.17, 15) is 4.79 Å². The molecule has 0 radical (unpaired) electrons. The van der Waals surface area contributed by atoms with Crippen LogP contribution in [0, 0.1) is 11.8 Å². The molecule has 102 valence electrons. The maximum absolute atomic E-state index is 11.6. The minimum absolute atomic E-state index is 0.0307. The summed E-state index contributed by atoms with van der Waals surface area (Å²) < 4.78 is 4.88. The lowest BCUT2D eigenvalue weighted by molar-refractivity contribution is -0.116. The van der Waals surface area contributed by atoms with Gasteiger partial charge in [0.15, 0.2) is 0 Å². The van der Waals surface area contributed by atoms with Crippen LogP contribution in [0.5, 0.6) is 0 Å². The molecule has 0 bridgehead atoms. The average Bonchev–Trinajstić information content (AvgIpc) is 2.40. The van der Waals surface area contributed by atoms with Gasteiger partial charge in [-0.3, -0.25) is 4.79 Å². The molecule has 1 aromatic heterocycles. The molecule has 0 spiro atoms. The number of aromatic nitrogens is 1. The van der Waals surface area contributed by atoms with E-state index >= 15 is 0 Å². The number of rotatable bonds is 6. The van der Waals surface area contributed by atoms with Crippen molar-refractivity contribution in [1.82, 2.24) is 4.98 Å². The molecule has 1 amide bonds. The van der Waals surface area contributed by atoms with Crippen LogP contribution in [0.2, 0.25) is 0 Å². The molecule has 0 saturated carbocycles. The molecule has 1 aromatic rings. The number of carbonyl (C=O) groups excluding carboxylic acids is 1. The second kappa shape index (κ2) is 9.09. The SMILES string of the molecule is COCCCC(=O)Nc1cccc(C#CCCO)n1. The number of carbonyl (C=O) groups is 1. The number of ether oxygens (including phenoxy) is 1. The maximum Gasteiger partial charge on any atom is 0.225 e. The van der Waals surface area contributed by atoms with E-state index in [1.54, 1.807) is 25.3 Å². The van der Waals surface area contributed by atoms with Gasteiger partial charge < -0.3 is 15.2 Å². The molecule has 5 nitrogen and oxygen atoms in total. The van der Waals surface area contributed by atoms with E-state index in [4.69, 9.17) is 9.84 Å². The van der Waals surface area contributed by atoms with Gasteiger partial charge in [0.05, 0.1) is 6.61 Å². The van der Waals surface area contributed by atoms with Crippen molar-refractivity contribution in [3.63, 3.8) is 0 Å². The fourth-order valence-corrected chi connectivity index (χ4v) is 1.37. The molecule has 0 saturated heterocycles. The second-order valence-electron chi connectivity index (χ2n) is 3.83. The predicted molar refractivity (Wildman–Crippen MR) is 72.6 cm³/mol. The first-order valence-electron chi connectivity index (χ1n) is 6.12. The van der Waals surface area contributed by atoms with Crippen molar-refractivity contribution < 1.29 is 14.6 Å². The Hall–Kier alpha value is -1.90. The third kappa shape index (κ3) is 6.55. The summed E-state index contributed by atoms with van der Waals surface area (Å²) in [6, 6.07) is 5.25. The predicted octanol–water partition coefficient (Wildman–Crippen LogP) is 1.18. The number of hydrogen-bond acceptors (Lipinski definition) is 4. The number of nitrogens with zero attached hydrogens (tertiary/aromatic N) is 1. The molecule has 0 aliphatic rings. The van der Waals surface area contributed by atoms with E-state index in [0.29, 0.717) is 37.4 Å². The largest absolute Gasteiger partial charge is 0.395 e. The summed E-state index contributed by atoms with van der Waals surface area (Å²) in [4.78, 5) is 15.8. The van der Waals surface area contributed by atoms with Gasteiger partial charge in [-0.25, -0.2) is 4.98 Å². The monoisotopic (exact) mass is 262 g/mol. The standard InChI is InChI=1S/C14H18N2O3/c1-19-11-5-9-14(18)16-13-8-4-7-12(15-13)6-2-3-10-17/h4,7-8,17H,3,5,9-11H2,1H3,(H,15,16,18). The molecular weight excluding hydrogens is 244 g/mol. The van der Waals surface area contributed by atoms with Crippen molar-refractivity contribution in [2.75, 3.05) is 25.6 Å². The van der Waals surface area contributed by atoms with Gasteiger partial charge in [0, 0.05) is 26.6 Å². The second-order valence-corrected chi connectivity index (χ2v) is 3.83. The first-order chi connectivity index (χ1) is 9.26. The van der Waals surface area contributed by atoms with E-state index in [1.807, 2.05) is 0 Å². The van der Waals surface area contributed by atoms with E-state index in [2.05, 4.69) is 22.1 Å². The molecule has 0 aliphatic carbocycles. The summed E-state index contributed by atoms with van der Waals surface area (Å²) in [6.07, 6.45) is 1.49. The summed E-state index contributed by atoms with van der Waals surface area (Å²) in [7, 11) is 1.61. The number of aliphatic hydroxyl groups is 1. The Kier molecular flexibility index (Phi) is 7.25. The van der Waals surface area contributed by atoms with E-state index < -0.39 is 0 Å². The Morgan fingerprint density at radius 3 is 3.11 bits per heavy atom. The van der Waals surface area contributed by atoms with Crippen LogP contribution in [0.3, 0.4) is 0 Å². The average molecular weight is 262 g/mol. The van der Waals surface area contributed by atoms with Gasteiger partial charge in [-0.2, -0.15) is 0 Å². The van der Waals surface area contributed by atoms with Crippen molar-refractivity contribution >= 4 is 11.7 Å². The summed E-state index contributed by atoms with van der Waals surface area (Å²) in [5, 5.41) is 11.3. The zero-order chi connectivity index (χ0) is 13.9. The normalized spacial score (nSPS) is 9.58. The Morgan fingerprint density at radius 1 is 1.53 bits per heavy atom. The summed E-state index contributed by atoms with van der Waals surface area (Å²) >= 11 is 0. The van der Waals surface area contributed by atoms with Crippen LogP contribution in [-0.2, 0) is 9.53 Å². The number of anilines is 1. The quantitative estimate of drug-likeness (QED) is 0.596. The molecule has 0 aromatic carbocycles. The van der Waals surface area contributed by atoms with Gasteiger partial charge in [0.25, 0.3) is 0 Å². The van der Waals surface area contributed by atoms with Crippen molar-refractivity contribution in [3.05, 3.63) is 23.9 Å². The molecule has 1 rings (SSSR count). The lowest BCUT2D eigenvalue weighted by atomic mass is 10.3. The van der Waals surface area contributed by atoms with Gasteiger partial charge in [-0.05, 0) is 24.5 Å². The Morgan fingerprint density at radius 2 is 2.37 bits per heavy atom. The number of amides is 1. The van der Waals surface area contributed by atoms with E-state index in [-0.39, 0.29) is 12.5 Å². The summed E-state index contributed by atoms with van der Waals surface area (Å²) in [6.45, 7) is 0.594. The molecule has 0 atom stereocenters. The van der Waals surface area contributed by atoms with Crippen LogP contribution in [0.25, 0.3) is 0 Å². The van der Waals surface area contributed by atoms with Crippen LogP contribution < -0.4 is 5.32 Å². The highest BCUT2D eigenvalue weighted by molar-refractivity contribution is 5.89.